The molecule has 0 saturated heterocycles. The van der Waals surface area contributed by atoms with Crippen LogP contribution in [0.4, 0.5) is 5.00 Å². The summed E-state index contributed by atoms with van der Waals surface area (Å²) < 4.78 is 8.90. The lowest BCUT2D eigenvalue weighted by atomic mass is 10.3. The van der Waals surface area contributed by atoms with Gasteiger partial charge in [0.1, 0.15) is 10.8 Å². The van der Waals surface area contributed by atoms with E-state index >= 15 is 0 Å². The number of carbonyl (C=O) groups excluding carboxylic acids is 1. The van der Waals surface area contributed by atoms with Crippen LogP contribution in [0.5, 0.6) is 5.75 Å². The third-order valence-corrected chi connectivity index (χ3v) is 2.71. The summed E-state index contributed by atoms with van der Waals surface area (Å²) in [6.45, 7) is 0. The van der Waals surface area contributed by atoms with Gasteiger partial charge in [0.25, 0.3) is 0 Å². The third kappa shape index (κ3) is 2.32. The molecule has 0 aliphatic heterocycles. The zero-order chi connectivity index (χ0) is 11.5. The van der Waals surface area contributed by atoms with Crippen LogP contribution >= 0.6 is 23.1 Å². The van der Waals surface area contributed by atoms with Crippen molar-refractivity contribution in [1.82, 2.24) is 4.37 Å². The second kappa shape index (κ2) is 4.51. The summed E-state index contributed by atoms with van der Waals surface area (Å²) in [6.07, 6.45) is 0. The van der Waals surface area contributed by atoms with Gasteiger partial charge in [-0.25, -0.2) is 4.79 Å². The lowest BCUT2D eigenvalue weighted by Gasteiger charge is -2.03. The number of carbonyl (C=O) groups is 1. The molecule has 0 saturated carbocycles. The van der Waals surface area contributed by atoms with Crippen LogP contribution in [0.2, 0.25) is 5.02 Å². The summed E-state index contributed by atoms with van der Waals surface area (Å²) in [5.74, 6) is -0.262. The average molecular weight is 255 g/mol. The van der Waals surface area contributed by atoms with Gasteiger partial charge in [-0.05, 0) is 23.7 Å². The molecular weight excluding hydrogens is 248 g/mol. The first-order valence-corrected chi connectivity index (χ1v) is 5.51. The summed E-state index contributed by atoms with van der Waals surface area (Å²) in [4.78, 5) is 11.6. The number of aromatic nitrogens is 1. The van der Waals surface area contributed by atoms with Gasteiger partial charge >= 0.3 is 5.97 Å². The van der Waals surface area contributed by atoms with Gasteiger partial charge in [-0.3, -0.25) is 0 Å². The van der Waals surface area contributed by atoms with E-state index < -0.39 is 5.97 Å². The number of ether oxygens (including phenoxy) is 1. The van der Waals surface area contributed by atoms with E-state index in [1.807, 2.05) is 0 Å². The van der Waals surface area contributed by atoms with Crippen molar-refractivity contribution in [1.29, 1.82) is 0 Å². The molecule has 6 heteroatoms. The molecule has 2 N–H and O–H groups in total. The van der Waals surface area contributed by atoms with E-state index in [-0.39, 0.29) is 5.69 Å². The molecule has 1 aromatic heterocycles. The smallest absolute Gasteiger partial charge is 0.363 e. The number of nitrogens with zero attached hydrogens (tertiary/aromatic N) is 1. The molecule has 1 heterocycles. The lowest BCUT2D eigenvalue weighted by Crippen LogP contribution is -2.08. The summed E-state index contributed by atoms with van der Waals surface area (Å²) in [6, 6.07) is 8.18. The van der Waals surface area contributed by atoms with Crippen molar-refractivity contribution in [3.63, 3.8) is 0 Å². The number of esters is 1. The van der Waals surface area contributed by atoms with Crippen LogP contribution in [0.3, 0.4) is 0 Å². The van der Waals surface area contributed by atoms with Gasteiger partial charge in [0.05, 0.1) is 5.02 Å². The highest BCUT2D eigenvalue weighted by Crippen LogP contribution is 2.24. The molecule has 0 aliphatic rings. The van der Waals surface area contributed by atoms with E-state index in [9.17, 15) is 4.79 Å². The van der Waals surface area contributed by atoms with Crippen LogP contribution in [0.15, 0.2) is 30.3 Å². The van der Waals surface area contributed by atoms with Crippen LogP contribution in [0.1, 0.15) is 10.5 Å². The zero-order valence-electron chi connectivity index (χ0n) is 8.01. The second-order valence-electron chi connectivity index (χ2n) is 2.93. The number of para-hydroxylation sites is 1. The Morgan fingerprint density at radius 1 is 1.44 bits per heavy atom. The molecular formula is C10H7ClN2O2S. The van der Waals surface area contributed by atoms with Crippen LogP contribution in [0.25, 0.3) is 0 Å². The van der Waals surface area contributed by atoms with E-state index in [1.54, 1.807) is 24.3 Å². The highest BCUT2D eigenvalue weighted by molar-refractivity contribution is 7.10. The molecule has 0 atom stereocenters. The molecule has 4 nitrogen and oxygen atoms in total. The second-order valence-corrected chi connectivity index (χ2v) is 4.18. The SMILES string of the molecule is Nc1cc(C(=O)Oc2ccccc2Cl)ns1. The Morgan fingerprint density at radius 3 is 2.81 bits per heavy atom. The number of nitrogens with two attached hydrogens (primary N) is 1. The molecule has 0 aliphatic carbocycles. The number of hydrogen-bond donors (Lipinski definition) is 1. The summed E-state index contributed by atoms with van der Waals surface area (Å²) in [5.41, 5.74) is 5.64. The van der Waals surface area contributed by atoms with Crippen molar-refractivity contribution in [2.45, 2.75) is 0 Å². The fraction of sp³-hybridized carbons (Fsp3) is 0. The maximum atomic E-state index is 11.6. The number of rotatable bonds is 2. The maximum absolute atomic E-state index is 11.6. The van der Waals surface area contributed by atoms with E-state index in [4.69, 9.17) is 22.1 Å². The zero-order valence-corrected chi connectivity index (χ0v) is 9.59. The van der Waals surface area contributed by atoms with Crippen LogP contribution in [-0.4, -0.2) is 10.3 Å². The molecule has 0 radical (unpaired) electrons. The van der Waals surface area contributed by atoms with Crippen molar-refractivity contribution in [2.75, 3.05) is 5.73 Å². The highest BCUT2D eigenvalue weighted by atomic mass is 35.5. The number of anilines is 1. The normalized spacial score (nSPS) is 10.1. The molecule has 0 bridgehead atoms. The van der Waals surface area contributed by atoms with Gasteiger partial charge in [0.15, 0.2) is 5.69 Å². The van der Waals surface area contributed by atoms with Crippen LogP contribution in [0, 0.1) is 0 Å². The number of hydrogen-bond acceptors (Lipinski definition) is 5. The van der Waals surface area contributed by atoms with E-state index in [2.05, 4.69) is 4.37 Å². The molecule has 2 aromatic rings. The number of nitrogen functional groups attached to an aromatic ring is 1. The van der Waals surface area contributed by atoms with Gasteiger partial charge in [0, 0.05) is 6.07 Å². The Bertz CT molecular complexity index is 527. The predicted molar refractivity (Wildman–Crippen MR) is 62.9 cm³/mol. The molecule has 82 valence electrons. The van der Waals surface area contributed by atoms with E-state index in [1.165, 1.54) is 6.07 Å². The standard InChI is InChI=1S/C10H7ClN2O2S/c11-6-3-1-2-4-8(6)15-10(14)7-5-9(12)16-13-7/h1-5H,12H2. The maximum Gasteiger partial charge on any atom is 0.363 e. The van der Waals surface area contributed by atoms with E-state index in [0.29, 0.717) is 15.8 Å². The Kier molecular flexibility index (Phi) is 3.07. The Labute approximate surface area is 101 Å². The number of benzene rings is 1. The molecule has 0 amide bonds. The van der Waals surface area contributed by atoms with Crippen molar-refractivity contribution < 1.29 is 9.53 Å². The summed E-state index contributed by atoms with van der Waals surface area (Å²) in [5, 5.41) is 0.838. The van der Waals surface area contributed by atoms with Gasteiger partial charge in [-0.2, -0.15) is 4.37 Å². The van der Waals surface area contributed by atoms with Crippen molar-refractivity contribution in [3.8, 4) is 5.75 Å². The minimum atomic E-state index is -0.568. The molecule has 0 unspecified atom stereocenters. The van der Waals surface area contributed by atoms with Crippen LogP contribution in [-0.2, 0) is 0 Å². The largest absolute Gasteiger partial charge is 0.420 e. The first kappa shape index (κ1) is 10.9. The Balaban J connectivity index is 2.17. The van der Waals surface area contributed by atoms with Gasteiger partial charge < -0.3 is 10.5 Å². The monoisotopic (exact) mass is 254 g/mol. The number of halogens is 1. The molecule has 16 heavy (non-hydrogen) atoms. The fourth-order valence-corrected chi connectivity index (χ4v) is 1.73. The molecule has 0 fully saturated rings. The van der Waals surface area contributed by atoms with Gasteiger partial charge in [0.2, 0.25) is 0 Å². The van der Waals surface area contributed by atoms with Gasteiger partial charge in [-0.15, -0.1) is 0 Å². The Morgan fingerprint density at radius 2 is 2.19 bits per heavy atom. The minimum absolute atomic E-state index is 0.183. The van der Waals surface area contributed by atoms with Crippen molar-refractivity contribution in [2.24, 2.45) is 0 Å². The molecule has 1 aromatic carbocycles. The average Bonchev–Trinajstić information content (AvgIpc) is 2.68. The fourth-order valence-electron chi connectivity index (χ4n) is 1.07. The predicted octanol–water partition coefficient (Wildman–Crippen LogP) is 2.60. The molecule has 2 rings (SSSR count). The quantitative estimate of drug-likeness (QED) is 0.661. The minimum Gasteiger partial charge on any atom is -0.420 e. The highest BCUT2D eigenvalue weighted by Gasteiger charge is 2.13. The van der Waals surface area contributed by atoms with Gasteiger partial charge in [-0.1, -0.05) is 23.7 Å². The third-order valence-electron chi connectivity index (χ3n) is 1.78. The van der Waals surface area contributed by atoms with Crippen molar-refractivity contribution in [3.05, 3.63) is 41.0 Å². The first-order chi connectivity index (χ1) is 7.66. The first-order valence-electron chi connectivity index (χ1n) is 4.36. The summed E-state index contributed by atoms with van der Waals surface area (Å²) in [7, 11) is 0. The van der Waals surface area contributed by atoms with Crippen LogP contribution < -0.4 is 10.5 Å². The topological polar surface area (TPSA) is 65.2 Å². The lowest BCUT2D eigenvalue weighted by molar-refractivity contribution is 0.0730. The molecule has 0 spiro atoms. The Hall–Kier alpha value is -1.59. The van der Waals surface area contributed by atoms with Crippen molar-refractivity contribution >= 4 is 34.1 Å². The summed E-state index contributed by atoms with van der Waals surface area (Å²) >= 11 is 6.88. The van der Waals surface area contributed by atoms with E-state index in [0.717, 1.165) is 11.5 Å².